The lowest BCUT2D eigenvalue weighted by Gasteiger charge is -2.31. The summed E-state index contributed by atoms with van der Waals surface area (Å²) in [5, 5.41) is 3.49. The molecule has 3 aromatic rings. The van der Waals surface area contributed by atoms with Crippen molar-refractivity contribution in [3.8, 4) is 0 Å². The number of hydrogen-bond donors (Lipinski definition) is 1. The van der Waals surface area contributed by atoms with Crippen molar-refractivity contribution >= 4 is 23.0 Å². The average Bonchev–Trinajstić information content (AvgIpc) is 2.73. The first-order valence-electron chi connectivity index (χ1n) is 10.8. The zero-order chi connectivity index (χ0) is 21.7. The third-order valence-corrected chi connectivity index (χ3v) is 5.49. The van der Waals surface area contributed by atoms with Crippen molar-refractivity contribution in [2.24, 2.45) is 11.8 Å². The molecule has 1 atom stereocenters. The van der Waals surface area contributed by atoms with Crippen LogP contribution in [0.2, 0.25) is 0 Å². The Bertz CT molecular complexity index is 930. The van der Waals surface area contributed by atoms with Gasteiger partial charge in [0.15, 0.2) is 11.6 Å². The van der Waals surface area contributed by atoms with E-state index in [0.29, 0.717) is 11.8 Å². The Morgan fingerprint density at radius 1 is 0.900 bits per heavy atom. The van der Waals surface area contributed by atoms with Crippen LogP contribution in [0, 0.1) is 11.8 Å². The summed E-state index contributed by atoms with van der Waals surface area (Å²) < 4.78 is 0. The monoisotopic (exact) mass is 402 g/mol. The molecule has 0 aliphatic rings. The van der Waals surface area contributed by atoms with E-state index in [2.05, 4.69) is 76.0 Å². The summed E-state index contributed by atoms with van der Waals surface area (Å²) >= 11 is 0. The summed E-state index contributed by atoms with van der Waals surface area (Å²) in [4.78, 5) is 12.3. The zero-order valence-electron chi connectivity index (χ0n) is 19.1. The number of rotatable bonds is 7. The number of nitrogens with one attached hydrogen (secondary N) is 1. The van der Waals surface area contributed by atoms with Gasteiger partial charge < -0.3 is 10.2 Å². The summed E-state index contributed by atoms with van der Waals surface area (Å²) in [5.74, 6) is 2.70. The van der Waals surface area contributed by atoms with Gasteiger partial charge in [0, 0.05) is 23.3 Å². The molecule has 2 aromatic carbocycles. The first-order chi connectivity index (χ1) is 14.3. The highest BCUT2D eigenvalue weighted by Gasteiger charge is 2.24. The average molecular weight is 403 g/mol. The number of hydrogen-bond acceptors (Lipinski definition) is 4. The van der Waals surface area contributed by atoms with E-state index in [1.165, 1.54) is 0 Å². The van der Waals surface area contributed by atoms with Crippen LogP contribution < -0.4 is 10.2 Å². The molecule has 0 aliphatic heterocycles. The van der Waals surface area contributed by atoms with Gasteiger partial charge in [-0.2, -0.15) is 0 Å². The summed E-state index contributed by atoms with van der Waals surface area (Å²) in [6, 6.07) is 20.6. The van der Waals surface area contributed by atoms with E-state index in [4.69, 9.17) is 9.97 Å². The third kappa shape index (κ3) is 5.38. The van der Waals surface area contributed by atoms with Gasteiger partial charge in [0.25, 0.3) is 0 Å². The topological polar surface area (TPSA) is 41.1 Å². The minimum Gasteiger partial charge on any atom is -0.337 e. The molecule has 0 saturated carbocycles. The van der Waals surface area contributed by atoms with Crippen molar-refractivity contribution in [1.29, 1.82) is 0 Å². The Balaban J connectivity index is 2.13. The molecule has 4 heteroatoms. The number of benzene rings is 2. The maximum Gasteiger partial charge on any atom is 0.176 e. The van der Waals surface area contributed by atoms with Crippen molar-refractivity contribution in [2.45, 2.75) is 47.0 Å². The lowest BCUT2D eigenvalue weighted by atomic mass is 9.92. The second-order valence-corrected chi connectivity index (χ2v) is 9.34. The van der Waals surface area contributed by atoms with Crippen molar-refractivity contribution in [1.82, 2.24) is 9.97 Å². The minimum absolute atomic E-state index is 0.0843. The lowest BCUT2D eigenvalue weighted by molar-refractivity contribution is 0.426. The Morgan fingerprint density at radius 2 is 1.50 bits per heavy atom. The van der Waals surface area contributed by atoms with Crippen molar-refractivity contribution < 1.29 is 0 Å². The predicted molar refractivity (Wildman–Crippen MR) is 128 cm³/mol. The molecule has 158 valence electrons. The Labute approximate surface area is 181 Å². The highest BCUT2D eigenvalue weighted by atomic mass is 15.2. The Kier molecular flexibility index (Phi) is 6.76. The van der Waals surface area contributed by atoms with Gasteiger partial charge in [-0.05, 0) is 36.1 Å². The molecule has 0 spiro atoms. The lowest BCUT2D eigenvalue weighted by Crippen LogP contribution is -2.29. The normalized spacial score (nSPS) is 12.6. The van der Waals surface area contributed by atoms with Crippen LogP contribution >= 0.6 is 0 Å². The number of nitrogens with zero attached hydrogens (tertiary/aromatic N) is 3. The van der Waals surface area contributed by atoms with Crippen molar-refractivity contribution in [2.75, 3.05) is 16.8 Å². The molecule has 3 rings (SSSR count). The molecule has 1 heterocycles. The van der Waals surface area contributed by atoms with Gasteiger partial charge in [-0.15, -0.1) is 0 Å². The fourth-order valence-corrected chi connectivity index (χ4v) is 3.10. The quantitative estimate of drug-likeness (QED) is 0.464. The fourth-order valence-electron chi connectivity index (χ4n) is 3.10. The third-order valence-electron chi connectivity index (χ3n) is 5.49. The van der Waals surface area contributed by atoms with Crippen LogP contribution in [0.3, 0.4) is 0 Å². The molecule has 0 saturated heterocycles. The van der Waals surface area contributed by atoms with Crippen LogP contribution in [0.25, 0.3) is 0 Å². The summed E-state index contributed by atoms with van der Waals surface area (Å²) in [6.07, 6.45) is 1.89. The number of aromatic nitrogens is 2. The molecule has 0 amide bonds. The standard InChI is InChI=1S/C26H34N4/c1-19(2)20(3)18-30(22-15-11-8-12-16-22)25-24(28-21-13-9-7-10-14-21)27-17-23(29-25)26(4,5)6/h7-17,19-20H,18H2,1-6H3,(H,27,28). The largest absolute Gasteiger partial charge is 0.337 e. The van der Waals surface area contributed by atoms with Gasteiger partial charge in [-0.1, -0.05) is 77.9 Å². The molecule has 30 heavy (non-hydrogen) atoms. The van der Waals surface area contributed by atoms with E-state index in [1.807, 2.05) is 42.6 Å². The van der Waals surface area contributed by atoms with Gasteiger partial charge in [-0.3, -0.25) is 0 Å². The first-order valence-corrected chi connectivity index (χ1v) is 10.8. The number of para-hydroxylation sites is 2. The van der Waals surface area contributed by atoms with Gasteiger partial charge in [0.05, 0.1) is 11.9 Å². The molecule has 1 aromatic heterocycles. The zero-order valence-corrected chi connectivity index (χ0v) is 19.1. The van der Waals surface area contributed by atoms with Crippen molar-refractivity contribution in [3.63, 3.8) is 0 Å². The van der Waals surface area contributed by atoms with E-state index in [1.54, 1.807) is 0 Å². The summed E-state index contributed by atoms with van der Waals surface area (Å²) in [6.45, 7) is 14.2. The van der Waals surface area contributed by atoms with E-state index >= 15 is 0 Å². The first kappa shape index (κ1) is 21.8. The maximum atomic E-state index is 5.13. The van der Waals surface area contributed by atoms with E-state index < -0.39 is 0 Å². The van der Waals surface area contributed by atoms with Crippen LogP contribution in [-0.2, 0) is 5.41 Å². The van der Waals surface area contributed by atoms with Crippen molar-refractivity contribution in [3.05, 3.63) is 72.6 Å². The van der Waals surface area contributed by atoms with E-state index in [-0.39, 0.29) is 5.41 Å². The van der Waals surface area contributed by atoms with Crippen LogP contribution in [-0.4, -0.2) is 16.5 Å². The minimum atomic E-state index is -0.0843. The van der Waals surface area contributed by atoms with Gasteiger partial charge in [0.1, 0.15) is 0 Å². The molecule has 0 radical (unpaired) electrons. The Hall–Kier alpha value is -2.88. The van der Waals surface area contributed by atoms with Gasteiger partial charge in [0.2, 0.25) is 0 Å². The van der Waals surface area contributed by atoms with Gasteiger partial charge >= 0.3 is 0 Å². The molecule has 4 nitrogen and oxygen atoms in total. The van der Waals surface area contributed by atoms with Gasteiger partial charge in [-0.25, -0.2) is 9.97 Å². The van der Waals surface area contributed by atoms with Crippen LogP contribution in [0.4, 0.5) is 23.0 Å². The van der Waals surface area contributed by atoms with E-state index in [0.717, 1.165) is 35.2 Å². The highest BCUT2D eigenvalue weighted by molar-refractivity contribution is 5.74. The summed E-state index contributed by atoms with van der Waals surface area (Å²) in [5.41, 5.74) is 3.02. The van der Waals surface area contributed by atoms with Crippen LogP contribution in [0.1, 0.15) is 47.2 Å². The molecular formula is C26H34N4. The van der Waals surface area contributed by atoms with E-state index in [9.17, 15) is 0 Å². The fraction of sp³-hybridized carbons (Fsp3) is 0.385. The molecule has 1 unspecified atom stereocenters. The second kappa shape index (κ2) is 9.29. The molecule has 0 bridgehead atoms. The SMILES string of the molecule is CC(C)C(C)CN(c1ccccc1)c1nc(C(C)(C)C)cnc1Nc1ccccc1. The molecule has 1 N–H and O–H groups in total. The number of anilines is 4. The molecule has 0 aliphatic carbocycles. The Morgan fingerprint density at radius 3 is 2.07 bits per heavy atom. The smallest absolute Gasteiger partial charge is 0.176 e. The molecular weight excluding hydrogens is 368 g/mol. The predicted octanol–water partition coefficient (Wildman–Crippen LogP) is 6.95. The van der Waals surface area contributed by atoms with Crippen LogP contribution in [0.15, 0.2) is 66.9 Å². The summed E-state index contributed by atoms with van der Waals surface area (Å²) in [7, 11) is 0. The van der Waals surface area contributed by atoms with Crippen LogP contribution in [0.5, 0.6) is 0 Å². The second-order valence-electron chi connectivity index (χ2n) is 9.34. The molecule has 0 fully saturated rings. The highest BCUT2D eigenvalue weighted by Crippen LogP contribution is 2.34. The maximum absolute atomic E-state index is 5.13.